The van der Waals surface area contributed by atoms with Crippen LogP contribution in [0.15, 0.2) is 5.38 Å². The third-order valence-electron chi connectivity index (χ3n) is 7.15. The Morgan fingerprint density at radius 1 is 1.23 bits per heavy atom. The zero-order valence-electron chi connectivity index (χ0n) is 16.3. The van der Waals surface area contributed by atoms with E-state index in [-0.39, 0.29) is 18.0 Å². The Kier molecular flexibility index (Phi) is 4.89. The number of amides is 1. The number of thiazole rings is 1. The molecule has 4 saturated carbocycles. The van der Waals surface area contributed by atoms with Gasteiger partial charge >= 0.3 is 0 Å². The van der Waals surface area contributed by atoms with Crippen LogP contribution in [0.4, 0.5) is 0 Å². The van der Waals surface area contributed by atoms with E-state index in [1.54, 1.807) is 0 Å². The maximum atomic E-state index is 12.8. The SMILES string of the molecule is CC(C)CC(N)c1nc(C(=O)NC(C)C23CC4CC(CC(C4)C2)C3)cs1. The number of carbonyl (C=O) groups is 1. The fraction of sp³-hybridized carbons (Fsp3) is 0.810. The average molecular weight is 376 g/mol. The third-order valence-corrected chi connectivity index (χ3v) is 8.13. The van der Waals surface area contributed by atoms with Crippen molar-refractivity contribution >= 4 is 17.2 Å². The van der Waals surface area contributed by atoms with Gasteiger partial charge in [0, 0.05) is 11.4 Å². The van der Waals surface area contributed by atoms with E-state index < -0.39 is 0 Å². The molecule has 4 nitrogen and oxygen atoms in total. The summed E-state index contributed by atoms with van der Waals surface area (Å²) < 4.78 is 0. The molecule has 4 bridgehead atoms. The molecule has 5 heteroatoms. The number of nitrogens with one attached hydrogen (secondary N) is 1. The molecule has 2 unspecified atom stereocenters. The minimum absolute atomic E-state index is 0.0208. The molecular weight excluding hydrogens is 342 g/mol. The summed E-state index contributed by atoms with van der Waals surface area (Å²) in [4.78, 5) is 17.3. The quantitative estimate of drug-likeness (QED) is 0.768. The second kappa shape index (κ2) is 6.90. The van der Waals surface area contributed by atoms with E-state index in [9.17, 15) is 4.79 Å². The highest BCUT2D eigenvalue weighted by Crippen LogP contribution is 2.61. The fourth-order valence-electron chi connectivity index (χ4n) is 6.30. The van der Waals surface area contributed by atoms with Crippen LogP contribution in [0.1, 0.15) is 87.3 Å². The van der Waals surface area contributed by atoms with Crippen molar-refractivity contribution < 1.29 is 4.79 Å². The van der Waals surface area contributed by atoms with Crippen molar-refractivity contribution in [1.82, 2.24) is 10.3 Å². The van der Waals surface area contributed by atoms with Gasteiger partial charge in [-0.25, -0.2) is 4.98 Å². The molecule has 4 aliphatic carbocycles. The maximum Gasteiger partial charge on any atom is 0.270 e. The molecule has 0 saturated heterocycles. The Morgan fingerprint density at radius 2 is 1.81 bits per heavy atom. The smallest absolute Gasteiger partial charge is 0.270 e. The van der Waals surface area contributed by atoms with Gasteiger partial charge in [0.25, 0.3) is 5.91 Å². The molecule has 1 heterocycles. The predicted molar refractivity (Wildman–Crippen MR) is 106 cm³/mol. The summed E-state index contributed by atoms with van der Waals surface area (Å²) in [5.41, 5.74) is 7.10. The number of hydrogen-bond donors (Lipinski definition) is 2. The molecule has 2 atom stereocenters. The standard InChI is InChI=1S/C21H33N3OS/c1-12(2)4-17(22)20-24-18(11-26-20)19(25)23-13(3)21-8-14-5-15(9-21)7-16(6-14)10-21/h11-17H,4-10,22H2,1-3H3,(H,23,25). The van der Waals surface area contributed by atoms with E-state index in [4.69, 9.17) is 5.73 Å². The first-order chi connectivity index (χ1) is 12.3. The van der Waals surface area contributed by atoms with Gasteiger partial charge < -0.3 is 11.1 Å². The number of rotatable bonds is 6. The minimum atomic E-state index is -0.0675. The van der Waals surface area contributed by atoms with Gasteiger partial charge in [0.05, 0.1) is 6.04 Å². The summed E-state index contributed by atoms with van der Waals surface area (Å²) in [6.45, 7) is 6.55. The highest BCUT2D eigenvalue weighted by molar-refractivity contribution is 7.09. The molecule has 5 rings (SSSR count). The van der Waals surface area contributed by atoms with Crippen molar-refractivity contribution in [1.29, 1.82) is 0 Å². The average Bonchev–Trinajstić information content (AvgIpc) is 3.03. The maximum absolute atomic E-state index is 12.8. The Labute approximate surface area is 161 Å². The first-order valence-corrected chi connectivity index (χ1v) is 11.2. The zero-order valence-corrected chi connectivity index (χ0v) is 17.1. The molecular formula is C21H33N3OS. The number of nitrogens with two attached hydrogens (primary N) is 1. The van der Waals surface area contributed by atoms with E-state index in [0.29, 0.717) is 17.0 Å². The van der Waals surface area contributed by atoms with Gasteiger partial charge in [0.15, 0.2) is 0 Å². The first kappa shape index (κ1) is 18.4. The monoisotopic (exact) mass is 375 g/mol. The van der Waals surface area contributed by atoms with Crippen LogP contribution in [0.25, 0.3) is 0 Å². The zero-order chi connectivity index (χ0) is 18.5. The first-order valence-electron chi connectivity index (χ1n) is 10.4. The summed E-state index contributed by atoms with van der Waals surface area (Å²) in [7, 11) is 0. The van der Waals surface area contributed by atoms with Crippen LogP contribution in [0.2, 0.25) is 0 Å². The predicted octanol–water partition coefficient (Wildman–Crippen LogP) is 4.52. The van der Waals surface area contributed by atoms with Crippen LogP contribution >= 0.6 is 11.3 Å². The van der Waals surface area contributed by atoms with Crippen molar-refractivity contribution in [3.05, 3.63) is 16.1 Å². The molecule has 0 spiro atoms. The Bertz CT molecular complexity index is 633. The number of nitrogens with zero attached hydrogens (tertiary/aromatic N) is 1. The van der Waals surface area contributed by atoms with Gasteiger partial charge in [-0.1, -0.05) is 13.8 Å². The van der Waals surface area contributed by atoms with E-state index in [1.165, 1.54) is 49.9 Å². The van der Waals surface area contributed by atoms with Crippen LogP contribution < -0.4 is 11.1 Å². The minimum Gasteiger partial charge on any atom is -0.348 e. The summed E-state index contributed by atoms with van der Waals surface area (Å²) in [5, 5.41) is 6.06. The third kappa shape index (κ3) is 3.45. The number of aromatic nitrogens is 1. The van der Waals surface area contributed by atoms with E-state index >= 15 is 0 Å². The van der Waals surface area contributed by atoms with Crippen LogP contribution in [0, 0.1) is 29.1 Å². The number of hydrogen-bond acceptors (Lipinski definition) is 4. The van der Waals surface area contributed by atoms with Crippen LogP contribution in [0.5, 0.6) is 0 Å². The van der Waals surface area contributed by atoms with Crippen molar-refractivity contribution in [3.63, 3.8) is 0 Å². The normalized spacial score (nSPS) is 34.9. The second-order valence-corrected chi connectivity index (χ2v) is 10.7. The molecule has 0 aromatic carbocycles. The highest BCUT2D eigenvalue weighted by atomic mass is 32.1. The molecule has 4 aliphatic rings. The van der Waals surface area contributed by atoms with Gasteiger partial charge in [-0.05, 0) is 81.0 Å². The molecule has 4 fully saturated rings. The van der Waals surface area contributed by atoms with Crippen molar-refractivity contribution in [2.24, 2.45) is 34.8 Å². The van der Waals surface area contributed by atoms with Crippen LogP contribution in [-0.2, 0) is 0 Å². The van der Waals surface area contributed by atoms with Gasteiger partial charge in [-0.3, -0.25) is 4.79 Å². The fourth-order valence-corrected chi connectivity index (χ4v) is 7.12. The van der Waals surface area contributed by atoms with Gasteiger partial charge in [-0.15, -0.1) is 11.3 Å². The number of carbonyl (C=O) groups excluding carboxylic acids is 1. The van der Waals surface area contributed by atoms with E-state index in [1.807, 2.05) is 5.38 Å². The lowest BCUT2D eigenvalue weighted by atomic mass is 9.48. The summed E-state index contributed by atoms with van der Waals surface area (Å²) >= 11 is 1.52. The molecule has 0 radical (unpaired) electrons. The van der Waals surface area contributed by atoms with Gasteiger partial charge in [0.2, 0.25) is 0 Å². The molecule has 0 aliphatic heterocycles. The summed E-state index contributed by atoms with van der Waals surface area (Å²) in [6, 6.07) is 0.167. The molecule has 3 N–H and O–H groups in total. The second-order valence-electron chi connectivity index (χ2n) is 9.78. The lowest BCUT2D eigenvalue weighted by molar-refractivity contribution is -0.0688. The lowest BCUT2D eigenvalue weighted by Gasteiger charge is -2.59. The Balaban J connectivity index is 1.41. The molecule has 26 heavy (non-hydrogen) atoms. The molecule has 1 aromatic rings. The highest BCUT2D eigenvalue weighted by Gasteiger charge is 2.53. The van der Waals surface area contributed by atoms with Crippen molar-refractivity contribution in [2.75, 3.05) is 0 Å². The van der Waals surface area contributed by atoms with Gasteiger partial charge in [0.1, 0.15) is 10.7 Å². The van der Waals surface area contributed by atoms with Gasteiger partial charge in [-0.2, -0.15) is 0 Å². The molecule has 144 valence electrons. The van der Waals surface area contributed by atoms with Crippen molar-refractivity contribution in [3.8, 4) is 0 Å². The molecule has 1 aromatic heterocycles. The van der Waals surface area contributed by atoms with Crippen molar-refractivity contribution in [2.45, 2.75) is 77.8 Å². The topological polar surface area (TPSA) is 68.0 Å². The lowest BCUT2D eigenvalue weighted by Crippen LogP contribution is -2.55. The summed E-state index contributed by atoms with van der Waals surface area (Å²) in [6.07, 6.45) is 9.12. The van der Waals surface area contributed by atoms with Crippen LogP contribution in [-0.4, -0.2) is 16.9 Å². The van der Waals surface area contributed by atoms with Crippen LogP contribution in [0.3, 0.4) is 0 Å². The van der Waals surface area contributed by atoms with E-state index in [2.05, 4.69) is 31.1 Å². The molecule has 1 amide bonds. The summed E-state index contributed by atoms with van der Waals surface area (Å²) in [5.74, 6) is 3.22. The Morgan fingerprint density at radius 3 is 2.35 bits per heavy atom. The Hall–Kier alpha value is -0.940. The van der Waals surface area contributed by atoms with E-state index in [0.717, 1.165) is 29.2 Å². The largest absolute Gasteiger partial charge is 0.348 e.